The number of esters is 1. The lowest BCUT2D eigenvalue weighted by Crippen LogP contribution is -2.32. The first-order valence-corrected chi connectivity index (χ1v) is 7.91. The Bertz CT molecular complexity index is 491. The summed E-state index contributed by atoms with van der Waals surface area (Å²) >= 11 is 0. The first-order valence-electron chi connectivity index (χ1n) is 7.91. The van der Waals surface area contributed by atoms with Crippen LogP contribution in [0, 0.1) is 0 Å². The number of nitrogens with one attached hydrogen (secondary N) is 1. The molecule has 1 aliphatic heterocycles. The number of amides is 1. The van der Waals surface area contributed by atoms with Crippen molar-refractivity contribution in [3.63, 3.8) is 0 Å². The third-order valence-electron chi connectivity index (χ3n) is 3.93. The second kappa shape index (κ2) is 8.41. The van der Waals surface area contributed by atoms with E-state index in [4.69, 9.17) is 0 Å². The first-order chi connectivity index (χ1) is 10.7. The highest BCUT2D eigenvalue weighted by atomic mass is 16.5. The van der Waals surface area contributed by atoms with Crippen molar-refractivity contribution >= 4 is 17.6 Å². The summed E-state index contributed by atoms with van der Waals surface area (Å²) in [6, 6.07) is 7.07. The largest absolute Gasteiger partial charge is 0.465 e. The molecule has 0 aliphatic carbocycles. The summed E-state index contributed by atoms with van der Waals surface area (Å²) in [4.78, 5) is 25.5. The van der Waals surface area contributed by atoms with Crippen molar-refractivity contribution in [2.24, 2.45) is 0 Å². The van der Waals surface area contributed by atoms with Crippen molar-refractivity contribution in [2.45, 2.75) is 32.1 Å². The van der Waals surface area contributed by atoms with Crippen LogP contribution in [-0.4, -0.2) is 43.5 Å². The van der Waals surface area contributed by atoms with Crippen LogP contribution in [0.1, 0.15) is 42.5 Å². The van der Waals surface area contributed by atoms with E-state index in [9.17, 15) is 9.59 Å². The summed E-state index contributed by atoms with van der Waals surface area (Å²) < 4.78 is 4.66. The lowest BCUT2D eigenvalue weighted by Gasteiger charge is -2.20. The number of carbonyl (C=O) groups is 2. The molecular formula is C17H24N2O3. The number of hydrogen-bond acceptors (Lipinski definition) is 4. The Morgan fingerprint density at radius 3 is 2.32 bits per heavy atom. The molecular weight excluding hydrogens is 280 g/mol. The molecule has 22 heavy (non-hydrogen) atoms. The molecule has 1 fully saturated rings. The Morgan fingerprint density at radius 2 is 1.73 bits per heavy atom. The molecule has 0 radical (unpaired) electrons. The molecule has 2 rings (SSSR count). The van der Waals surface area contributed by atoms with Crippen LogP contribution in [-0.2, 0) is 9.53 Å². The van der Waals surface area contributed by atoms with Gasteiger partial charge in [0.2, 0.25) is 5.91 Å². The quantitative estimate of drug-likeness (QED) is 0.850. The number of methoxy groups -OCH3 is 1. The van der Waals surface area contributed by atoms with Gasteiger partial charge in [0.15, 0.2) is 0 Å². The van der Waals surface area contributed by atoms with Gasteiger partial charge in [-0.2, -0.15) is 0 Å². The molecule has 1 N–H and O–H groups in total. The zero-order valence-corrected chi connectivity index (χ0v) is 13.1. The zero-order chi connectivity index (χ0) is 15.8. The van der Waals surface area contributed by atoms with Crippen LogP contribution in [0.4, 0.5) is 5.69 Å². The van der Waals surface area contributed by atoms with E-state index in [0.717, 1.165) is 31.6 Å². The van der Waals surface area contributed by atoms with Gasteiger partial charge in [-0.1, -0.05) is 12.8 Å². The van der Waals surface area contributed by atoms with Gasteiger partial charge in [-0.25, -0.2) is 4.79 Å². The molecule has 120 valence electrons. The fourth-order valence-corrected chi connectivity index (χ4v) is 2.63. The van der Waals surface area contributed by atoms with E-state index in [1.807, 2.05) is 17.0 Å². The monoisotopic (exact) mass is 304 g/mol. The van der Waals surface area contributed by atoms with Gasteiger partial charge in [0.1, 0.15) is 0 Å². The maximum Gasteiger partial charge on any atom is 0.337 e. The predicted molar refractivity (Wildman–Crippen MR) is 85.9 cm³/mol. The molecule has 1 heterocycles. The highest BCUT2D eigenvalue weighted by molar-refractivity contribution is 5.89. The van der Waals surface area contributed by atoms with Gasteiger partial charge in [-0.3, -0.25) is 4.79 Å². The van der Waals surface area contributed by atoms with Gasteiger partial charge >= 0.3 is 5.97 Å². The molecule has 0 saturated carbocycles. The SMILES string of the molecule is COC(=O)c1ccc(NCCC(=O)N2CCCCCC2)cc1. The van der Waals surface area contributed by atoms with Crippen LogP contribution in [0.15, 0.2) is 24.3 Å². The average molecular weight is 304 g/mol. The maximum atomic E-state index is 12.1. The van der Waals surface area contributed by atoms with Crippen molar-refractivity contribution in [3.05, 3.63) is 29.8 Å². The van der Waals surface area contributed by atoms with Crippen molar-refractivity contribution in [2.75, 3.05) is 32.1 Å². The highest BCUT2D eigenvalue weighted by Gasteiger charge is 2.14. The normalized spacial score (nSPS) is 15.0. The number of ether oxygens (including phenoxy) is 1. The average Bonchev–Trinajstić information content (AvgIpc) is 2.84. The summed E-state index contributed by atoms with van der Waals surface area (Å²) in [5, 5.41) is 3.21. The fraction of sp³-hybridized carbons (Fsp3) is 0.529. The standard InChI is InChI=1S/C17H24N2O3/c1-22-17(21)14-6-8-15(9-7-14)18-11-10-16(20)19-12-4-2-3-5-13-19/h6-9,18H,2-5,10-13H2,1H3. The molecule has 1 amide bonds. The lowest BCUT2D eigenvalue weighted by molar-refractivity contribution is -0.130. The number of hydrogen-bond donors (Lipinski definition) is 1. The van der Waals surface area contributed by atoms with Crippen molar-refractivity contribution < 1.29 is 14.3 Å². The number of rotatable bonds is 5. The van der Waals surface area contributed by atoms with Crippen LogP contribution >= 0.6 is 0 Å². The van der Waals surface area contributed by atoms with Gasteiger partial charge in [-0.05, 0) is 37.1 Å². The zero-order valence-electron chi connectivity index (χ0n) is 13.1. The van der Waals surface area contributed by atoms with Gasteiger partial charge in [-0.15, -0.1) is 0 Å². The number of carbonyl (C=O) groups excluding carboxylic acids is 2. The summed E-state index contributed by atoms with van der Waals surface area (Å²) in [6.45, 7) is 2.40. The summed E-state index contributed by atoms with van der Waals surface area (Å²) in [5.74, 6) is -0.122. The Kier molecular flexibility index (Phi) is 6.25. The van der Waals surface area contributed by atoms with Gasteiger partial charge in [0.25, 0.3) is 0 Å². The first kappa shape index (κ1) is 16.3. The number of anilines is 1. The van der Waals surface area contributed by atoms with Gasteiger partial charge in [0, 0.05) is 31.7 Å². The van der Waals surface area contributed by atoms with Crippen LogP contribution < -0.4 is 5.32 Å². The minimum Gasteiger partial charge on any atom is -0.465 e. The van der Waals surface area contributed by atoms with Gasteiger partial charge in [0.05, 0.1) is 12.7 Å². The molecule has 5 nitrogen and oxygen atoms in total. The smallest absolute Gasteiger partial charge is 0.337 e. The topological polar surface area (TPSA) is 58.6 Å². The minimum atomic E-state index is -0.345. The van der Waals surface area contributed by atoms with Crippen LogP contribution in [0.3, 0.4) is 0 Å². The number of nitrogens with zero attached hydrogens (tertiary/aromatic N) is 1. The van der Waals surface area contributed by atoms with E-state index in [2.05, 4.69) is 10.1 Å². The summed E-state index contributed by atoms with van der Waals surface area (Å²) in [5.41, 5.74) is 1.42. The van der Waals surface area contributed by atoms with E-state index >= 15 is 0 Å². The predicted octanol–water partition coefficient (Wildman–Crippen LogP) is 2.68. The Morgan fingerprint density at radius 1 is 1.09 bits per heavy atom. The highest BCUT2D eigenvalue weighted by Crippen LogP contribution is 2.12. The molecule has 0 bridgehead atoms. The molecule has 5 heteroatoms. The third-order valence-corrected chi connectivity index (χ3v) is 3.93. The van der Waals surface area contributed by atoms with Crippen LogP contribution in [0.5, 0.6) is 0 Å². The molecule has 0 unspecified atom stereocenters. The molecule has 0 atom stereocenters. The molecule has 1 saturated heterocycles. The van der Waals surface area contributed by atoms with Crippen LogP contribution in [0.2, 0.25) is 0 Å². The molecule has 0 aromatic heterocycles. The van der Waals surface area contributed by atoms with Gasteiger partial charge < -0.3 is 15.0 Å². The maximum absolute atomic E-state index is 12.1. The van der Waals surface area contributed by atoms with E-state index in [1.54, 1.807) is 12.1 Å². The summed E-state index contributed by atoms with van der Waals surface area (Å²) in [6.07, 6.45) is 5.20. The van der Waals surface area contributed by atoms with Crippen molar-refractivity contribution in [3.8, 4) is 0 Å². The second-order valence-corrected chi connectivity index (χ2v) is 5.54. The molecule has 1 aromatic rings. The van der Waals surface area contributed by atoms with E-state index in [1.165, 1.54) is 20.0 Å². The summed E-state index contributed by atoms with van der Waals surface area (Å²) in [7, 11) is 1.36. The second-order valence-electron chi connectivity index (χ2n) is 5.54. The van der Waals surface area contributed by atoms with E-state index < -0.39 is 0 Å². The Hall–Kier alpha value is -2.04. The lowest BCUT2D eigenvalue weighted by atomic mass is 10.2. The Labute approximate surface area is 131 Å². The van der Waals surface area contributed by atoms with Crippen molar-refractivity contribution in [1.29, 1.82) is 0 Å². The number of likely N-dealkylation sites (tertiary alicyclic amines) is 1. The Balaban J connectivity index is 1.75. The van der Waals surface area contributed by atoms with Crippen molar-refractivity contribution in [1.82, 2.24) is 4.90 Å². The minimum absolute atomic E-state index is 0.223. The third kappa shape index (κ3) is 4.76. The number of benzene rings is 1. The molecule has 1 aliphatic rings. The van der Waals surface area contributed by atoms with E-state index in [-0.39, 0.29) is 11.9 Å². The molecule has 1 aromatic carbocycles. The van der Waals surface area contributed by atoms with Crippen LogP contribution in [0.25, 0.3) is 0 Å². The molecule has 0 spiro atoms. The van der Waals surface area contributed by atoms with E-state index in [0.29, 0.717) is 18.5 Å². The fourth-order valence-electron chi connectivity index (χ4n) is 2.63.